The maximum atomic E-state index is 12.1. The Hall–Kier alpha value is -2.08. The lowest BCUT2D eigenvalue weighted by Crippen LogP contribution is -2.39. The van der Waals surface area contributed by atoms with E-state index in [2.05, 4.69) is 21.2 Å². The summed E-state index contributed by atoms with van der Waals surface area (Å²) in [5, 5.41) is 2.87. The average molecular weight is 365 g/mol. The minimum atomic E-state index is -0.325. The van der Waals surface area contributed by atoms with Gasteiger partial charge in [-0.3, -0.25) is 9.59 Å². The molecule has 2 aromatic rings. The highest BCUT2D eigenvalue weighted by Crippen LogP contribution is 2.22. The number of furan rings is 1. The monoisotopic (exact) mass is 364 g/mol. The van der Waals surface area contributed by atoms with E-state index in [1.807, 2.05) is 31.2 Å². The van der Waals surface area contributed by atoms with Crippen molar-refractivity contribution >= 4 is 27.7 Å². The summed E-state index contributed by atoms with van der Waals surface area (Å²) in [5.41, 5.74) is 0.982. The molecule has 0 saturated heterocycles. The molecule has 22 heavy (non-hydrogen) atoms. The molecule has 1 atom stereocenters. The summed E-state index contributed by atoms with van der Waals surface area (Å²) in [6.07, 6.45) is 1.43. The zero-order valence-electron chi connectivity index (χ0n) is 12.4. The lowest BCUT2D eigenvalue weighted by molar-refractivity contribution is -0.122. The number of carbonyl (C=O) groups is 2. The fraction of sp³-hybridized carbons (Fsp3) is 0.250. The van der Waals surface area contributed by atoms with Crippen LogP contribution in [0.15, 0.2) is 51.6 Å². The third-order valence-corrected chi connectivity index (χ3v) is 3.93. The maximum Gasteiger partial charge on any atom is 0.289 e. The second kappa shape index (κ2) is 7.26. The molecule has 1 unspecified atom stereocenters. The van der Waals surface area contributed by atoms with Crippen LogP contribution in [-0.4, -0.2) is 30.3 Å². The van der Waals surface area contributed by atoms with Gasteiger partial charge < -0.3 is 14.6 Å². The van der Waals surface area contributed by atoms with Crippen molar-refractivity contribution in [3.05, 3.63) is 58.5 Å². The molecular formula is C16H17BrN2O3. The van der Waals surface area contributed by atoms with Crippen LogP contribution in [-0.2, 0) is 4.79 Å². The van der Waals surface area contributed by atoms with Gasteiger partial charge in [0.25, 0.3) is 5.91 Å². The number of likely N-dealkylation sites (N-methyl/N-ethyl adjacent to an activating group) is 1. The molecule has 116 valence electrons. The van der Waals surface area contributed by atoms with Crippen LogP contribution in [0.1, 0.15) is 29.1 Å². The highest BCUT2D eigenvalue weighted by atomic mass is 79.9. The minimum Gasteiger partial charge on any atom is -0.459 e. The van der Waals surface area contributed by atoms with Gasteiger partial charge in [-0.2, -0.15) is 0 Å². The van der Waals surface area contributed by atoms with Crippen molar-refractivity contribution in [2.75, 3.05) is 13.6 Å². The average Bonchev–Trinajstić information content (AvgIpc) is 3.00. The zero-order chi connectivity index (χ0) is 16.1. The van der Waals surface area contributed by atoms with Crippen LogP contribution < -0.4 is 5.32 Å². The van der Waals surface area contributed by atoms with Crippen LogP contribution in [0.3, 0.4) is 0 Å². The molecule has 6 heteroatoms. The van der Waals surface area contributed by atoms with E-state index >= 15 is 0 Å². The highest BCUT2D eigenvalue weighted by molar-refractivity contribution is 9.10. The Bertz CT molecular complexity index is 655. The standard InChI is InChI=1S/C16H17BrN2O3/c1-11(12-6-3-4-7-13(12)17)18-15(20)10-19(2)16(21)14-8-5-9-22-14/h3-9,11H,10H2,1-2H3,(H,18,20). The molecule has 0 aliphatic heterocycles. The number of benzene rings is 1. The Labute approximate surface area is 137 Å². The highest BCUT2D eigenvalue weighted by Gasteiger charge is 2.18. The normalized spacial score (nSPS) is 11.8. The van der Waals surface area contributed by atoms with Crippen molar-refractivity contribution < 1.29 is 14.0 Å². The lowest BCUT2D eigenvalue weighted by Gasteiger charge is -2.19. The molecule has 0 spiro atoms. The summed E-state index contributed by atoms with van der Waals surface area (Å²) in [6, 6.07) is 10.7. The lowest BCUT2D eigenvalue weighted by atomic mass is 10.1. The summed E-state index contributed by atoms with van der Waals surface area (Å²) in [7, 11) is 1.56. The third kappa shape index (κ3) is 3.98. The number of nitrogens with one attached hydrogen (secondary N) is 1. The van der Waals surface area contributed by atoms with E-state index in [0.29, 0.717) is 0 Å². The first kappa shape index (κ1) is 16.3. The quantitative estimate of drug-likeness (QED) is 0.886. The molecule has 0 bridgehead atoms. The molecule has 1 aromatic heterocycles. The number of amides is 2. The SMILES string of the molecule is CC(NC(=O)CN(C)C(=O)c1ccco1)c1ccccc1Br. The Morgan fingerprint density at radius 2 is 2.00 bits per heavy atom. The molecule has 5 nitrogen and oxygen atoms in total. The first-order chi connectivity index (χ1) is 10.5. The van der Waals surface area contributed by atoms with Gasteiger partial charge in [0.1, 0.15) is 0 Å². The van der Waals surface area contributed by atoms with Crippen molar-refractivity contribution in [3.8, 4) is 0 Å². The van der Waals surface area contributed by atoms with E-state index in [-0.39, 0.29) is 30.2 Å². The first-order valence-corrected chi connectivity index (χ1v) is 7.61. The van der Waals surface area contributed by atoms with Crippen LogP contribution in [0, 0.1) is 0 Å². The van der Waals surface area contributed by atoms with Gasteiger partial charge in [0.05, 0.1) is 18.8 Å². The van der Waals surface area contributed by atoms with Crippen LogP contribution >= 0.6 is 15.9 Å². The molecule has 1 N–H and O–H groups in total. The van der Waals surface area contributed by atoms with Crippen LogP contribution in [0.2, 0.25) is 0 Å². The Morgan fingerprint density at radius 1 is 1.27 bits per heavy atom. The topological polar surface area (TPSA) is 62.6 Å². The number of carbonyl (C=O) groups excluding carboxylic acids is 2. The van der Waals surface area contributed by atoms with Crippen molar-refractivity contribution in [2.45, 2.75) is 13.0 Å². The van der Waals surface area contributed by atoms with Crippen molar-refractivity contribution in [2.24, 2.45) is 0 Å². The fourth-order valence-electron chi connectivity index (χ4n) is 2.07. The van der Waals surface area contributed by atoms with Crippen LogP contribution in [0.4, 0.5) is 0 Å². The van der Waals surface area contributed by atoms with E-state index < -0.39 is 0 Å². The van der Waals surface area contributed by atoms with Gasteiger partial charge >= 0.3 is 0 Å². The van der Waals surface area contributed by atoms with Crippen molar-refractivity contribution in [1.82, 2.24) is 10.2 Å². The van der Waals surface area contributed by atoms with Gasteiger partial charge in [0, 0.05) is 11.5 Å². The number of hydrogen-bond acceptors (Lipinski definition) is 3. The fourth-order valence-corrected chi connectivity index (χ4v) is 2.69. The molecule has 1 aromatic carbocycles. The second-order valence-electron chi connectivity index (χ2n) is 4.95. The molecule has 1 heterocycles. The van der Waals surface area contributed by atoms with Gasteiger partial charge in [0.15, 0.2) is 5.76 Å². The summed E-state index contributed by atoms with van der Waals surface area (Å²) >= 11 is 3.46. The van der Waals surface area contributed by atoms with E-state index in [4.69, 9.17) is 4.42 Å². The molecule has 0 fully saturated rings. The number of nitrogens with zero attached hydrogens (tertiary/aromatic N) is 1. The van der Waals surface area contributed by atoms with E-state index in [1.165, 1.54) is 11.2 Å². The van der Waals surface area contributed by atoms with Crippen LogP contribution in [0.25, 0.3) is 0 Å². The summed E-state index contributed by atoms with van der Waals surface area (Å²) in [4.78, 5) is 25.4. The van der Waals surface area contributed by atoms with Gasteiger partial charge in [0.2, 0.25) is 5.91 Å². The summed E-state index contributed by atoms with van der Waals surface area (Å²) in [6.45, 7) is 1.86. The second-order valence-corrected chi connectivity index (χ2v) is 5.80. The minimum absolute atomic E-state index is 0.0334. The first-order valence-electron chi connectivity index (χ1n) is 6.82. The third-order valence-electron chi connectivity index (χ3n) is 3.21. The van der Waals surface area contributed by atoms with Gasteiger partial charge in [-0.15, -0.1) is 0 Å². The Morgan fingerprint density at radius 3 is 2.64 bits per heavy atom. The molecular weight excluding hydrogens is 348 g/mol. The predicted octanol–water partition coefficient (Wildman–Crippen LogP) is 2.99. The molecule has 2 amide bonds. The number of halogens is 1. The summed E-state index contributed by atoms with van der Waals surface area (Å²) < 4.78 is 5.97. The number of hydrogen-bond donors (Lipinski definition) is 1. The van der Waals surface area contributed by atoms with E-state index in [0.717, 1.165) is 10.0 Å². The molecule has 2 rings (SSSR count). The molecule has 0 aliphatic rings. The largest absolute Gasteiger partial charge is 0.459 e. The number of rotatable bonds is 5. The summed E-state index contributed by atoms with van der Waals surface area (Å²) in [5.74, 6) is -0.339. The maximum absolute atomic E-state index is 12.1. The smallest absolute Gasteiger partial charge is 0.289 e. The molecule has 0 radical (unpaired) electrons. The van der Waals surface area contributed by atoms with Gasteiger partial charge in [-0.05, 0) is 30.7 Å². The molecule has 0 aliphatic carbocycles. The van der Waals surface area contributed by atoms with Crippen molar-refractivity contribution in [3.63, 3.8) is 0 Å². The molecule has 0 saturated carbocycles. The van der Waals surface area contributed by atoms with Crippen molar-refractivity contribution in [1.29, 1.82) is 0 Å². The Kier molecular flexibility index (Phi) is 5.38. The van der Waals surface area contributed by atoms with Gasteiger partial charge in [-0.25, -0.2) is 0 Å². The van der Waals surface area contributed by atoms with E-state index in [1.54, 1.807) is 19.2 Å². The van der Waals surface area contributed by atoms with Gasteiger partial charge in [-0.1, -0.05) is 34.1 Å². The van der Waals surface area contributed by atoms with E-state index in [9.17, 15) is 9.59 Å². The predicted molar refractivity (Wildman–Crippen MR) is 86.4 cm³/mol. The zero-order valence-corrected chi connectivity index (χ0v) is 14.0. The Balaban J connectivity index is 1.93. The van der Waals surface area contributed by atoms with Crippen LogP contribution in [0.5, 0.6) is 0 Å².